The lowest BCUT2D eigenvalue weighted by atomic mass is 9.73. The molecule has 2 aromatic rings. The number of thiophene rings is 1. The fourth-order valence-electron chi connectivity index (χ4n) is 9.35. The molecule has 0 aliphatic carbocycles. The van der Waals surface area contributed by atoms with Gasteiger partial charge in [0.1, 0.15) is 29.4 Å². The second-order valence-electron chi connectivity index (χ2n) is 17.6. The van der Waals surface area contributed by atoms with Gasteiger partial charge in [0.25, 0.3) is 5.91 Å². The van der Waals surface area contributed by atoms with Crippen LogP contribution in [0.2, 0.25) is 0 Å². The van der Waals surface area contributed by atoms with Crippen molar-refractivity contribution in [1.29, 1.82) is 0 Å². The fourth-order valence-corrected chi connectivity index (χ4v) is 10.3. The molecule has 0 radical (unpaired) electrons. The van der Waals surface area contributed by atoms with Crippen LogP contribution in [0.5, 0.6) is 0 Å². The largest absolute Gasteiger partial charge is 0.459 e. The Morgan fingerprint density at radius 1 is 1.03 bits per heavy atom. The molecule has 0 saturated carbocycles. The number of cyclic esters (lactones) is 1. The van der Waals surface area contributed by atoms with Gasteiger partial charge >= 0.3 is 5.97 Å². The Labute approximate surface area is 356 Å². The number of nitrogens with zero attached hydrogens (tertiary/aromatic N) is 4. The van der Waals surface area contributed by atoms with E-state index in [0.717, 1.165) is 16.1 Å². The number of Topliss-reactive ketones (excluding diaryl/α,β-unsaturated/α-hetero) is 1. The van der Waals surface area contributed by atoms with E-state index >= 15 is 0 Å². The number of carbonyl (C=O) groups excluding carboxylic acids is 3. The summed E-state index contributed by atoms with van der Waals surface area (Å²) in [5.41, 5.74) is -0.948. The number of oxime groups is 1. The van der Waals surface area contributed by atoms with E-state index in [1.54, 1.807) is 20.0 Å². The highest BCUT2D eigenvalue weighted by molar-refractivity contribution is 7.10. The molecule has 2 aromatic heterocycles. The smallest absolute Gasteiger partial charge is 0.316 e. The van der Waals surface area contributed by atoms with Crippen LogP contribution in [-0.2, 0) is 49.3 Å². The molecule has 1 amide bonds. The first kappa shape index (κ1) is 46.0. The molecule has 14 atom stereocenters. The average molecular weight is 855 g/mol. The monoisotopic (exact) mass is 854 g/mol. The molecule has 16 heteroatoms. The molecule has 6 heterocycles. The SMILES string of the molecule is CC[C@H]1OC(=O)[C@H](C)C(=O)[C@H](C)[C@@H](O[C@@H]2O[C@H](C)C[C@H](N(C)C)[C@H]2O)[C@@]2(C)C[C@@H](C)C3=NC(=O)C(Cc4sccc4-c4ccccn4)O/N=C(/CO[C@H]([C@H]3C)[C@]1(C)O)CO2. The maximum Gasteiger partial charge on any atom is 0.316 e. The number of carbonyl (C=O) groups is 3. The van der Waals surface area contributed by atoms with Crippen LogP contribution < -0.4 is 0 Å². The lowest BCUT2D eigenvalue weighted by Crippen LogP contribution is -2.60. The van der Waals surface area contributed by atoms with Crippen molar-refractivity contribution in [2.24, 2.45) is 33.8 Å². The molecule has 6 rings (SSSR count). The molecule has 4 aliphatic heterocycles. The predicted molar refractivity (Wildman–Crippen MR) is 224 cm³/mol. The molecular weight excluding hydrogens is 793 g/mol. The number of hydrogen-bond donors (Lipinski definition) is 2. The van der Waals surface area contributed by atoms with Crippen molar-refractivity contribution in [3.05, 3.63) is 40.7 Å². The Balaban J connectivity index is 1.50. The van der Waals surface area contributed by atoms with Crippen molar-refractivity contribution in [2.75, 3.05) is 27.3 Å². The molecule has 3 saturated heterocycles. The number of aliphatic hydroxyl groups is 2. The van der Waals surface area contributed by atoms with E-state index < -0.39 is 89.3 Å². The summed E-state index contributed by atoms with van der Waals surface area (Å²) in [7, 11) is 3.74. The van der Waals surface area contributed by atoms with Gasteiger partial charge in [-0.05, 0) is 90.5 Å². The number of hydrogen-bond acceptors (Lipinski definition) is 15. The Morgan fingerprint density at radius 3 is 2.47 bits per heavy atom. The van der Waals surface area contributed by atoms with E-state index in [9.17, 15) is 24.6 Å². The third kappa shape index (κ3) is 9.60. The lowest BCUT2D eigenvalue weighted by molar-refractivity contribution is -0.296. The van der Waals surface area contributed by atoms with Crippen LogP contribution in [0, 0.1) is 23.7 Å². The third-order valence-electron chi connectivity index (χ3n) is 12.7. The normalized spacial score (nSPS) is 39.5. The number of likely N-dealkylation sites (N-methyl/N-ethyl adjacent to an activating group) is 1. The van der Waals surface area contributed by atoms with Crippen molar-refractivity contribution in [2.45, 2.75) is 141 Å². The van der Waals surface area contributed by atoms with Gasteiger partial charge in [0, 0.05) is 46.6 Å². The maximum absolute atomic E-state index is 14.6. The number of esters is 1. The van der Waals surface area contributed by atoms with Gasteiger partial charge < -0.3 is 43.6 Å². The van der Waals surface area contributed by atoms with E-state index in [0.29, 0.717) is 12.1 Å². The van der Waals surface area contributed by atoms with Crippen LogP contribution >= 0.6 is 11.3 Å². The molecular formula is C44H62N4O11S. The van der Waals surface area contributed by atoms with Crippen LogP contribution in [0.4, 0.5) is 0 Å². The zero-order chi connectivity index (χ0) is 43.7. The predicted octanol–water partition coefficient (Wildman–Crippen LogP) is 4.65. The van der Waals surface area contributed by atoms with Crippen LogP contribution in [0.3, 0.4) is 0 Å². The topological polar surface area (TPSA) is 188 Å². The zero-order valence-corrected chi connectivity index (χ0v) is 37.2. The summed E-state index contributed by atoms with van der Waals surface area (Å²) in [6, 6.07) is 7.28. The number of aliphatic hydroxyl groups excluding tert-OH is 1. The quantitative estimate of drug-likeness (QED) is 0.290. The summed E-state index contributed by atoms with van der Waals surface area (Å²) < 4.78 is 32.5. The number of rotatable bonds is 7. The van der Waals surface area contributed by atoms with Crippen molar-refractivity contribution < 1.29 is 53.1 Å². The Morgan fingerprint density at radius 2 is 1.78 bits per heavy atom. The number of fused-ring (bicyclic) bond motifs is 4. The molecule has 0 spiro atoms. The summed E-state index contributed by atoms with van der Waals surface area (Å²) >= 11 is 1.47. The Hall–Kier alpha value is -3.48. The number of ether oxygens (including phenoxy) is 5. The first-order valence-corrected chi connectivity index (χ1v) is 21.9. The van der Waals surface area contributed by atoms with E-state index in [-0.39, 0.29) is 50.3 Å². The first-order chi connectivity index (χ1) is 28.4. The number of amides is 1. The maximum atomic E-state index is 14.6. The van der Waals surface area contributed by atoms with E-state index in [1.165, 1.54) is 25.2 Å². The van der Waals surface area contributed by atoms with Gasteiger partial charge in [-0.2, -0.15) is 0 Å². The summed E-state index contributed by atoms with van der Waals surface area (Å²) in [5, 5.41) is 30.6. The van der Waals surface area contributed by atoms with Crippen molar-refractivity contribution >= 4 is 40.4 Å². The van der Waals surface area contributed by atoms with Gasteiger partial charge in [0.05, 0.1) is 42.8 Å². The number of aliphatic imine (C=N–C) groups is 1. The molecule has 4 aliphatic rings. The minimum atomic E-state index is -1.84. The second-order valence-corrected chi connectivity index (χ2v) is 18.6. The van der Waals surface area contributed by atoms with Gasteiger partial charge in [-0.15, -0.1) is 11.3 Å². The summed E-state index contributed by atoms with van der Waals surface area (Å²) in [6.07, 6.45) is -4.26. The summed E-state index contributed by atoms with van der Waals surface area (Å²) in [5.74, 6) is -5.44. The number of aromatic nitrogens is 1. The highest BCUT2D eigenvalue weighted by Gasteiger charge is 2.53. The Bertz CT molecular complexity index is 1900. The van der Waals surface area contributed by atoms with Gasteiger partial charge in [-0.3, -0.25) is 19.4 Å². The molecule has 15 nitrogen and oxygen atoms in total. The van der Waals surface area contributed by atoms with Crippen LogP contribution in [0.15, 0.2) is 46.0 Å². The highest BCUT2D eigenvalue weighted by atomic mass is 32.1. The fraction of sp³-hybridized carbons (Fsp3) is 0.682. The van der Waals surface area contributed by atoms with Crippen molar-refractivity contribution in [3.8, 4) is 11.3 Å². The summed E-state index contributed by atoms with van der Waals surface area (Å²) in [6.45, 7) is 13.5. The van der Waals surface area contributed by atoms with Crippen molar-refractivity contribution in [3.63, 3.8) is 0 Å². The van der Waals surface area contributed by atoms with Gasteiger partial charge in [0.2, 0.25) is 6.10 Å². The second kappa shape index (κ2) is 18.9. The molecule has 2 N–H and O–H groups in total. The minimum Gasteiger partial charge on any atom is -0.459 e. The standard InChI is InChI=1S/C44H62N4O11S/c1-11-34-44(8,53)39-25(4)35-23(2)20-43(7,38(26(5)36(49)27(6)41(52)57-34)58-42-37(50)31(48(9)10)18-24(3)56-42)55-22-28(21-54-39)47-59-32(40(51)46-35)19-33-29(15-17-60-33)30-14-12-13-16-45-30/h12-17,23-27,31-32,34,37-39,42,50,53H,11,18-22H2,1-10H3/b46-35?,47-28-/t23-,24-,25+,26+,27-,31+,32?,34-,37-,38-,39-,42+,43-,44-/m1/s1. The highest BCUT2D eigenvalue weighted by Crippen LogP contribution is 2.40. The Kier molecular flexibility index (Phi) is 14.5. The van der Waals surface area contributed by atoms with E-state index in [2.05, 4.69) is 10.1 Å². The van der Waals surface area contributed by atoms with Gasteiger partial charge in [-0.1, -0.05) is 38.9 Å². The van der Waals surface area contributed by atoms with E-state index in [4.69, 9.17) is 33.5 Å². The van der Waals surface area contributed by atoms with Gasteiger partial charge in [-0.25, -0.2) is 4.99 Å². The average Bonchev–Trinajstić information content (AvgIpc) is 3.67. The zero-order valence-electron chi connectivity index (χ0n) is 36.4. The minimum absolute atomic E-state index is 0.150. The lowest BCUT2D eigenvalue weighted by Gasteiger charge is -2.47. The molecule has 3 fully saturated rings. The molecule has 0 aromatic carbocycles. The summed E-state index contributed by atoms with van der Waals surface area (Å²) in [4.78, 5) is 61.2. The third-order valence-corrected chi connectivity index (χ3v) is 13.7. The van der Waals surface area contributed by atoms with Crippen LogP contribution in [-0.4, -0.2) is 137 Å². The van der Waals surface area contributed by atoms with Crippen LogP contribution in [0.25, 0.3) is 11.3 Å². The number of pyridine rings is 1. The molecule has 60 heavy (non-hydrogen) atoms. The van der Waals surface area contributed by atoms with Crippen molar-refractivity contribution in [1.82, 2.24) is 9.88 Å². The molecule has 1 unspecified atom stereocenters. The van der Waals surface area contributed by atoms with E-state index in [1.807, 2.05) is 76.3 Å². The molecule has 330 valence electrons. The number of ketones is 1. The van der Waals surface area contributed by atoms with Gasteiger partial charge in [0.15, 0.2) is 12.1 Å². The van der Waals surface area contributed by atoms with Crippen LogP contribution in [0.1, 0.15) is 79.5 Å². The molecule has 4 bridgehead atoms. The first-order valence-electron chi connectivity index (χ1n) is 21.0.